The minimum absolute atomic E-state index is 0.0926. The molecule has 1 unspecified atom stereocenters. The highest BCUT2D eigenvalue weighted by Gasteiger charge is 2.22. The number of carbonyl (C=O) groups is 1. The van der Waals surface area contributed by atoms with Crippen LogP contribution in [-0.2, 0) is 4.79 Å². The van der Waals surface area contributed by atoms with E-state index in [1.54, 1.807) is 6.07 Å². The largest absolute Gasteiger partial charge is 0.479 e. The topological polar surface area (TPSA) is 71.2 Å². The maximum absolute atomic E-state index is 11.4. The van der Waals surface area contributed by atoms with Gasteiger partial charge in [-0.2, -0.15) is 10.2 Å². The molecule has 5 heteroatoms. The maximum Gasteiger partial charge on any atom is 0.344 e. The molecule has 5 nitrogen and oxygen atoms in total. The van der Waals surface area contributed by atoms with E-state index in [0.717, 1.165) is 18.4 Å². The van der Waals surface area contributed by atoms with E-state index in [2.05, 4.69) is 17.2 Å². The van der Waals surface area contributed by atoms with Gasteiger partial charge in [0.2, 0.25) is 6.17 Å². The predicted octanol–water partition coefficient (Wildman–Crippen LogP) is 5.12. The first-order valence-corrected chi connectivity index (χ1v) is 8.60. The van der Waals surface area contributed by atoms with Crippen molar-refractivity contribution >= 4 is 5.97 Å². The number of carboxylic acids is 1. The molecule has 2 rings (SSSR count). The third kappa shape index (κ3) is 6.38. The van der Waals surface area contributed by atoms with Crippen LogP contribution in [0.1, 0.15) is 70.0 Å². The Hall–Kier alpha value is -1.91. The number of hydrogen-bond acceptors (Lipinski definition) is 4. The summed E-state index contributed by atoms with van der Waals surface area (Å²) in [6.07, 6.45) is 7.85. The van der Waals surface area contributed by atoms with Crippen LogP contribution in [0.5, 0.6) is 5.75 Å². The number of unbranched alkanes of at least 4 members (excludes halogenated alkanes) is 6. The first-order chi connectivity index (χ1) is 11.2. The number of rotatable bonds is 12. The van der Waals surface area contributed by atoms with Gasteiger partial charge in [0.15, 0.2) is 6.10 Å². The van der Waals surface area contributed by atoms with Crippen LogP contribution in [0.2, 0.25) is 0 Å². The standard InChI is InChI=1S/C18H26N2O3/c1-2-3-4-5-6-7-8-12-16(18(21)22)23-15-11-9-10-14(13-15)17-19-20-17/h9-11,13,16-17H,2-8,12H2,1H3,(H,21,22). The van der Waals surface area contributed by atoms with Crippen molar-refractivity contribution in [3.8, 4) is 5.75 Å². The summed E-state index contributed by atoms with van der Waals surface area (Å²) in [6, 6.07) is 7.38. The zero-order valence-corrected chi connectivity index (χ0v) is 13.8. The minimum Gasteiger partial charge on any atom is -0.479 e. The second kappa shape index (κ2) is 9.28. The SMILES string of the molecule is CCCCCCCCCC(Oc1cccc(C2N=N2)c1)C(=O)O. The zero-order valence-electron chi connectivity index (χ0n) is 13.8. The number of benzene rings is 1. The number of carboxylic acid groups (broad SMARTS) is 1. The van der Waals surface area contributed by atoms with Crippen LogP contribution >= 0.6 is 0 Å². The molecule has 1 aliphatic heterocycles. The van der Waals surface area contributed by atoms with Crippen molar-refractivity contribution in [1.82, 2.24) is 0 Å². The molecular formula is C18H26N2O3. The Labute approximate surface area is 137 Å². The van der Waals surface area contributed by atoms with Gasteiger partial charge in [0, 0.05) is 5.56 Å². The van der Waals surface area contributed by atoms with E-state index in [4.69, 9.17) is 4.74 Å². The van der Waals surface area contributed by atoms with Crippen molar-refractivity contribution < 1.29 is 14.6 Å². The third-order valence-corrected chi connectivity index (χ3v) is 4.01. The van der Waals surface area contributed by atoms with E-state index in [1.165, 1.54) is 32.1 Å². The van der Waals surface area contributed by atoms with Gasteiger partial charge in [-0.25, -0.2) is 4.79 Å². The molecule has 0 amide bonds. The van der Waals surface area contributed by atoms with Crippen molar-refractivity contribution in [3.63, 3.8) is 0 Å². The number of ether oxygens (including phenoxy) is 1. The summed E-state index contributed by atoms with van der Waals surface area (Å²) in [4.78, 5) is 11.4. The minimum atomic E-state index is -0.901. The average Bonchev–Trinajstić information content (AvgIpc) is 3.38. The number of aliphatic carboxylic acids is 1. The Bertz CT molecular complexity index is 525. The highest BCUT2D eigenvalue weighted by Crippen LogP contribution is 2.32. The van der Waals surface area contributed by atoms with Gasteiger partial charge in [0.1, 0.15) is 5.75 Å². The lowest BCUT2D eigenvalue weighted by Crippen LogP contribution is -2.26. The molecule has 1 atom stereocenters. The summed E-state index contributed by atoms with van der Waals surface area (Å²) in [5.41, 5.74) is 0.947. The molecule has 0 aliphatic carbocycles. The molecular weight excluding hydrogens is 292 g/mol. The first kappa shape index (κ1) is 17.4. The summed E-state index contributed by atoms with van der Waals surface area (Å²) in [5.74, 6) is -0.322. The van der Waals surface area contributed by atoms with E-state index in [0.29, 0.717) is 12.2 Å². The maximum atomic E-state index is 11.4. The summed E-state index contributed by atoms with van der Waals surface area (Å²) in [6.45, 7) is 2.20. The van der Waals surface area contributed by atoms with Crippen LogP contribution in [0.15, 0.2) is 34.5 Å². The number of nitrogens with zero attached hydrogens (tertiary/aromatic N) is 2. The summed E-state index contributed by atoms with van der Waals surface area (Å²) in [7, 11) is 0. The second-order valence-corrected chi connectivity index (χ2v) is 6.03. The van der Waals surface area contributed by atoms with Gasteiger partial charge in [-0.05, 0) is 25.0 Å². The Morgan fingerprint density at radius 1 is 1.17 bits per heavy atom. The van der Waals surface area contributed by atoms with Crippen molar-refractivity contribution in [2.75, 3.05) is 0 Å². The lowest BCUT2D eigenvalue weighted by atomic mass is 10.1. The normalized spacial score (nSPS) is 14.7. The predicted molar refractivity (Wildman–Crippen MR) is 88.7 cm³/mol. The zero-order chi connectivity index (χ0) is 16.5. The molecule has 0 radical (unpaired) electrons. The average molecular weight is 318 g/mol. The Morgan fingerprint density at radius 3 is 2.52 bits per heavy atom. The molecule has 1 aromatic carbocycles. The molecule has 1 aromatic rings. The van der Waals surface area contributed by atoms with Crippen LogP contribution in [0.25, 0.3) is 0 Å². The molecule has 1 heterocycles. The summed E-state index contributed by atoms with van der Waals surface area (Å²) >= 11 is 0. The van der Waals surface area contributed by atoms with E-state index in [9.17, 15) is 9.90 Å². The molecule has 0 saturated carbocycles. The Kier molecular flexibility index (Phi) is 7.04. The lowest BCUT2D eigenvalue weighted by Gasteiger charge is -2.15. The van der Waals surface area contributed by atoms with Crippen LogP contribution in [0.3, 0.4) is 0 Å². The van der Waals surface area contributed by atoms with Crippen LogP contribution in [0, 0.1) is 0 Å². The van der Waals surface area contributed by atoms with E-state index >= 15 is 0 Å². The van der Waals surface area contributed by atoms with Crippen molar-refractivity contribution in [2.24, 2.45) is 10.2 Å². The smallest absolute Gasteiger partial charge is 0.344 e. The van der Waals surface area contributed by atoms with Crippen LogP contribution in [0.4, 0.5) is 0 Å². The quantitative estimate of drug-likeness (QED) is 0.543. The summed E-state index contributed by atoms with van der Waals surface area (Å²) < 4.78 is 5.66. The highest BCUT2D eigenvalue weighted by atomic mass is 16.5. The fourth-order valence-electron chi connectivity index (χ4n) is 2.60. The molecule has 23 heavy (non-hydrogen) atoms. The van der Waals surface area contributed by atoms with Crippen LogP contribution < -0.4 is 4.74 Å². The van der Waals surface area contributed by atoms with Crippen molar-refractivity contribution in [3.05, 3.63) is 29.8 Å². The first-order valence-electron chi connectivity index (χ1n) is 8.60. The van der Waals surface area contributed by atoms with Gasteiger partial charge in [0.25, 0.3) is 0 Å². The molecule has 0 saturated heterocycles. The third-order valence-electron chi connectivity index (χ3n) is 4.01. The Balaban J connectivity index is 1.73. The van der Waals surface area contributed by atoms with Gasteiger partial charge in [-0.3, -0.25) is 0 Å². The fourth-order valence-corrected chi connectivity index (χ4v) is 2.60. The Morgan fingerprint density at radius 2 is 1.87 bits per heavy atom. The molecule has 1 aliphatic rings. The van der Waals surface area contributed by atoms with Crippen molar-refractivity contribution in [1.29, 1.82) is 0 Å². The molecule has 0 spiro atoms. The monoisotopic (exact) mass is 318 g/mol. The second-order valence-electron chi connectivity index (χ2n) is 6.03. The molecule has 0 bridgehead atoms. The van der Waals surface area contributed by atoms with Gasteiger partial charge in [-0.1, -0.05) is 57.6 Å². The fraction of sp³-hybridized carbons (Fsp3) is 0.611. The molecule has 1 N–H and O–H groups in total. The highest BCUT2D eigenvalue weighted by molar-refractivity contribution is 5.72. The molecule has 126 valence electrons. The van der Waals surface area contributed by atoms with Gasteiger partial charge >= 0.3 is 5.97 Å². The van der Waals surface area contributed by atoms with Gasteiger partial charge in [0.05, 0.1) is 0 Å². The number of hydrogen-bond donors (Lipinski definition) is 1. The molecule has 0 aromatic heterocycles. The van der Waals surface area contributed by atoms with Crippen LogP contribution in [-0.4, -0.2) is 17.2 Å². The van der Waals surface area contributed by atoms with E-state index in [1.807, 2.05) is 18.2 Å². The lowest BCUT2D eigenvalue weighted by molar-refractivity contribution is -0.145. The van der Waals surface area contributed by atoms with Crippen molar-refractivity contribution in [2.45, 2.75) is 70.6 Å². The molecule has 0 fully saturated rings. The van der Waals surface area contributed by atoms with E-state index < -0.39 is 12.1 Å². The van der Waals surface area contributed by atoms with E-state index in [-0.39, 0.29) is 6.17 Å². The summed E-state index contributed by atoms with van der Waals surface area (Å²) in [5, 5.41) is 17.1. The van der Waals surface area contributed by atoms with Gasteiger partial charge in [-0.15, -0.1) is 0 Å². The van der Waals surface area contributed by atoms with Gasteiger partial charge < -0.3 is 9.84 Å².